The lowest BCUT2D eigenvalue weighted by Crippen LogP contribution is -1.95. The van der Waals surface area contributed by atoms with Gasteiger partial charge in [-0.15, -0.1) is 0 Å². The summed E-state index contributed by atoms with van der Waals surface area (Å²) in [5, 5.41) is 1.85. The highest BCUT2D eigenvalue weighted by atomic mass is 79.9. The first-order chi connectivity index (χ1) is 16.6. The van der Waals surface area contributed by atoms with Gasteiger partial charge in [-0.1, -0.05) is 147 Å². The zero-order valence-corrected chi connectivity index (χ0v) is 23.1. The van der Waals surface area contributed by atoms with Crippen molar-refractivity contribution in [3.05, 3.63) is 142 Å². The minimum Gasteiger partial charge on any atom is -0.0876 e. The zero-order chi connectivity index (χ0) is 24.2. The van der Waals surface area contributed by atoms with Gasteiger partial charge in [0.1, 0.15) is 0 Å². The van der Waals surface area contributed by atoms with Crippen LogP contribution in [0.25, 0.3) is 12.2 Å². The molecule has 4 aromatic rings. The normalized spacial score (nSPS) is 10.7. The van der Waals surface area contributed by atoms with E-state index >= 15 is 0 Å². The predicted molar refractivity (Wildman–Crippen MR) is 157 cm³/mol. The molecule has 0 unspecified atom stereocenters. The van der Waals surface area contributed by atoms with Gasteiger partial charge >= 0.3 is 0 Å². The molecule has 0 N–H and O–H groups in total. The molecule has 0 fully saturated rings. The molecule has 0 aliphatic rings. The molecule has 0 saturated heterocycles. The SMILES string of the molecule is BrCc1ccccc1CCc1ccccc1.Cc1ccc(C)c(C=Cc2ccc(CBr)cc2)c1. The molecule has 2 heteroatoms. The van der Waals surface area contributed by atoms with Gasteiger partial charge in [0.15, 0.2) is 0 Å². The fourth-order valence-electron chi connectivity index (χ4n) is 3.70. The first-order valence-corrected chi connectivity index (χ1v) is 13.9. The van der Waals surface area contributed by atoms with Crippen LogP contribution in [-0.4, -0.2) is 0 Å². The topological polar surface area (TPSA) is 0 Å². The maximum Gasteiger partial charge on any atom is 0.0285 e. The summed E-state index contributed by atoms with van der Waals surface area (Å²) < 4.78 is 0. The highest BCUT2D eigenvalue weighted by molar-refractivity contribution is 9.08. The fourth-order valence-corrected chi connectivity index (χ4v) is 4.62. The van der Waals surface area contributed by atoms with Crippen LogP contribution in [0.3, 0.4) is 0 Å². The molecule has 0 aliphatic heterocycles. The van der Waals surface area contributed by atoms with E-state index in [4.69, 9.17) is 0 Å². The Bertz CT molecular complexity index is 1180. The lowest BCUT2D eigenvalue weighted by molar-refractivity contribution is 0.948. The summed E-state index contributed by atoms with van der Waals surface area (Å²) >= 11 is 6.99. The Labute approximate surface area is 222 Å². The maximum absolute atomic E-state index is 3.53. The summed E-state index contributed by atoms with van der Waals surface area (Å²) in [6.45, 7) is 4.27. The number of hydrogen-bond acceptors (Lipinski definition) is 0. The molecule has 34 heavy (non-hydrogen) atoms. The molecule has 0 heterocycles. The third kappa shape index (κ3) is 8.42. The Morgan fingerprint density at radius 3 is 1.94 bits per heavy atom. The first kappa shape index (κ1) is 26.2. The predicted octanol–water partition coefficient (Wildman–Crippen LogP) is 9.74. The minimum atomic E-state index is 0.911. The van der Waals surface area contributed by atoms with Gasteiger partial charge in [0.05, 0.1) is 0 Å². The summed E-state index contributed by atoms with van der Waals surface area (Å²) in [5.74, 6) is 0. The Morgan fingerprint density at radius 2 is 1.26 bits per heavy atom. The Balaban J connectivity index is 0.000000192. The van der Waals surface area contributed by atoms with Gasteiger partial charge in [-0.25, -0.2) is 0 Å². The summed E-state index contributed by atoms with van der Waals surface area (Å²) in [5.41, 5.74) is 10.7. The number of benzene rings is 4. The van der Waals surface area contributed by atoms with E-state index in [2.05, 4.69) is 155 Å². The molecule has 0 aromatic heterocycles. The van der Waals surface area contributed by atoms with Crippen LogP contribution in [0.4, 0.5) is 0 Å². The second-order valence-corrected chi connectivity index (χ2v) is 9.58. The van der Waals surface area contributed by atoms with E-state index in [1.807, 2.05) is 0 Å². The van der Waals surface area contributed by atoms with Crippen molar-refractivity contribution in [3.63, 3.8) is 0 Å². The van der Waals surface area contributed by atoms with Crippen LogP contribution in [0, 0.1) is 13.8 Å². The highest BCUT2D eigenvalue weighted by Crippen LogP contribution is 2.16. The fraction of sp³-hybridized carbons (Fsp3) is 0.188. The highest BCUT2D eigenvalue weighted by Gasteiger charge is 2.00. The summed E-state index contributed by atoms with van der Waals surface area (Å²) in [4.78, 5) is 0. The Kier molecular flexibility index (Phi) is 10.9. The van der Waals surface area contributed by atoms with E-state index in [1.165, 1.54) is 44.5 Å². The molecular formula is C32H32Br2. The Morgan fingerprint density at radius 1 is 0.588 bits per heavy atom. The monoisotopic (exact) mass is 574 g/mol. The smallest absolute Gasteiger partial charge is 0.0285 e. The lowest BCUT2D eigenvalue weighted by atomic mass is 10.0. The van der Waals surface area contributed by atoms with Crippen LogP contribution in [0.1, 0.15) is 44.5 Å². The molecule has 0 radical (unpaired) electrons. The van der Waals surface area contributed by atoms with Crippen LogP contribution in [0.15, 0.2) is 97.1 Å². The molecule has 0 atom stereocenters. The van der Waals surface area contributed by atoms with Gasteiger partial charge < -0.3 is 0 Å². The number of halogens is 2. The standard InChI is InChI=1S/C17H17Br.C15H15Br/c1-13-3-4-14(2)17(11-13)10-9-15-5-7-16(12-18)8-6-15;16-12-15-9-5-4-8-14(15)11-10-13-6-2-1-3-7-13/h3-11H,12H2,1-2H3;1-9H,10-12H2. The van der Waals surface area contributed by atoms with E-state index < -0.39 is 0 Å². The maximum atomic E-state index is 3.53. The van der Waals surface area contributed by atoms with Gasteiger partial charge in [-0.2, -0.15) is 0 Å². The number of aryl methyl sites for hydroxylation is 4. The third-order valence-electron chi connectivity index (χ3n) is 5.81. The van der Waals surface area contributed by atoms with Crippen LogP contribution in [-0.2, 0) is 23.5 Å². The molecule has 0 spiro atoms. The van der Waals surface area contributed by atoms with E-state index in [0.717, 1.165) is 23.5 Å². The number of hydrogen-bond donors (Lipinski definition) is 0. The number of alkyl halides is 2. The molecule has 4 rings (SSSR count). The molecule has 4 aromatic carbocycles. The second kappa shape index (κ2) is 14.1. The third-order valence-corrected chi connectivity index (χ3v) is 7.06. The quantitative estimate of drug-likeness (QED) is 0.152. The van der Waals surface area contributed by atoms with Crippen LogP contribution in [0.5, 0.6) is 0 Å². The van der Waals surface area contributed by atoms with Gasteiger partial charge in [-0.05, 0) is 65.6 Å². The van der Waals surface area contributed by atoms with Crippen molar-refractivity contribution in [2.75, 3.05) is 0 Å². The van der Waals surface area contributed by atoms with Crippen LogP contribution in [0.2, 0.25) is 0 Å². The average Bonchev–Trinajstić information content (AvgIpc) is 2.89. The average molecular weight is 576 g/mol. The Hall–Kier alpha value is -2.42. The van der Waals surface area contributed by atoms with Crippen molar-refractivity contribution in [2.24, 2.45) is 0 Å². The summed E-state index contributed by atoms with van der Waals surface area (Å²) in [7, 11) is 0. The molecule has 174 valence electrons. The lowest BCUT2D eigenvalue weighted by Gasteiger charge is -2.06. The van der Waals surface area contributed by atoms with Crippen molar-refractivity contribution in [2.45, 2.75) is 37.3 Å². The molecule has 0 amide bonds. The summed E-state index contributed by atoms with van der Waals surface area (Å²) in [6, 6.07) is 34.4. The van der Waals surface area contributed by atoms with E-state index in [9.17, 15) is 0 Å². The van der Waals surface area contributed by atoms with Crippen molar-refractivity contribution in [3.8, 4) is 0 Å². The van der Waals surface area contributed by atoms with Crippen molar-refractivity contribution in [1.82, 2.24) is 0 Å². The molecule has 0 bridgehead atoms. The second-order valence-electron chi connectivity index (χ2n) is 8.46. The molecule has 0 aliphatic carbocycles. The van der Waals surface area contributed by atoms with Gasteiger partial charge in [0.2, 0.25) is 0 Å². The largest absolute Gasteiger partial charge is 0.0876 e. The summed E-state index contributed by atoms with van der Waals surface area (Å²) in [6.07, 6.45) is 6.59. The van der Waals surface area contributed by atoms with E-state index in [-0.39, 0.29) is 0 Å². The first-order valence-electron chi connectivity index (χ1n) is 11.7. The zero-order valence-electron chi connectivity index (χ0n) is 20.0. The van der Waals surface area contributed by atoms with E-state index in [1.54, 1.807) is 0 Å². The van der Waals surface area contributed by atoms with Crippen molar-refractivity contribution >= 4 is 44.0 Å². The van der Waals surface area contributed by atoms with Crippen molar-refractivity contribution in [1.29, 1.82) is 0 Å². The van der Waals surface area contributed by atoms with Crippen molar-refractivity contribution < 1.29 is 0 Å². The minimum absolute atomic E-state index is 0.911. The van der Waals surface area contributed by atoms with E-state index in [0.29, 0.717) is 0 Å². The molecule has 0 nitrogen and oxygen atoms in total. The molecule has 0 saturated carbocycles. The number of rotatable bonds is 7. The van der Waals surface area contributed by atoms with Crippen LogP contribution < -0.4 is 0 Å². The van der Waals surface area contributed by atoms with Gasteiger partial charge in [-0.3, -0.25) is 0 Å². The van der Waals surface area contributed by atoms with Crippen LogP contribution >= 0.6 is 31.9 Å². The van der Waals surface area contributed by atoms with Gasteiger partial charge in [0.25, 0.3) is 0 Å². The van der Waals surface area contributed by atoms with Gasteiger partial charge in [0, 0.05) is 10.7 Å². The molecular weight excluding hydrogens is 544 g/mol.